The number of aliphatic hydroxyl groups is 1. The lowest BCUT2D eigenvalue weighted by Gasteiger charge is -2.31. The molecule has 1 saturated heterocycles. The highest BCUT2D eigenvalue weighted by Crippen LogP contribution is 2.19. The van der Waals surface area contributed by atoms with Gasteiger partial charge in [0.25, 0.3) is 5.91 Å². The lowest BCUT2D eigenvalue weighted by molar-refractivity contribution is 0.0651. The Morgan fingerprint density at radius 1 is 1.14 bits per heavy atom. The van der Waals surface area contributed by atoms with Crippen molar-refractivity contribution in [2.24, 2.45) is 5.92 Å². The zero-order valence-corrected chi connectivity index (χ0v) is 12.0. The maximum Gasteiger partial charge on any atom is 0.253 e. The van der Waals surface area contributed by atoms with Crippen molar-refractivity contribution in [2.45, 2.75) is 12.8 Å². The maximum atomic E-state index is 12.6. The molecule has 0 saturated carbocycles. The molecule has 0 bridgehead atoms. The second kappa shape index (κ2) is 6.14. The molecule has 1 fully saturated rings. The molecule has 1 N–H and O–H groups in total. The molecule has 0 radical (unpaired) electrons. The molecule has 0 spiro atoms. The minimum absolute atomic E-state index is 0.0837. The first-order valence-electron chi connectivity index (χ1n) is 7.41. The van der Waals surface area contributed by atoms with Gasteiger partial charge >= 0.3 is 0 Å². The Labute approximate surface area is 124 Å². The lowest BCUT2D eigenvalue weighted by atomic mass is 9.97. The fourth-order valence-corrected chi connectivity index (χ4v) is 2.81. The number of carbonyl (C=O) groups is 1. The molecule has 110 valence electrons. The number of aromatic nitrogens is 1. The Bertz CT molecular complexity index is 599. The Morgan fingerprint density at radius 2 is 1.86 bits per heavy atom. The largest absolute Gasteiger partial charge is 0.396 e. The van der Waals surface area contributed by atoms with Crippen LogP contribution in [0.2, 0.25) is 0 Å². The van der Waals surface area contributed by atoms with Crippen molar-refractivity contribution >= 4 is 5.91 Å². The van der Waals surface area contributed by atoms with E-state index in [0.717, 1.165) is 37.2 Å². The van der Waals surface area contributed by atoms with Crippen LogP contribution in [0.15, 0.2) is 48.8 Å². The smallest absolute Gasteiger partial charge is 0.253 e. The molecule has 1 aromatic heterocycles. The summed E-state index contributed by atoms with van der Waals surface area (Å²) in [5, 5.41) is 9.17. The van der Waals surface area contributed by atoms with Gasteiger partial charge in [0.1, 0.15) is 0 Å². The number of carbonyl (C=O) groups excluding carboxylic acids is 1. The molecule has 1 amide bonds. The van der Waals surface area contributed by atoms with E-state index in [0.29, 0.717) is 5.92 Å². The van der Waals surface area contributed by atoms with E-state index in [1.807, 2.05) is 58.3 Å². The summed E-state index contributed by atoms with van der Waals surface area (Å²) in [5.41, 5.74) is 1.72. The van der Waals surface area contributed by atoms with E-state index < -0.39 is 0 Å². The second-order valence-corrected chi connectivity index (χ2v) is 5.56. The molecular formula is C17H20N2O2. The topological polar surface area (TPSA) is 45.5 Å². The van der Waals surface area contributed by atoms with Crippen LogP contribution in [0.5, 0.6) is 0 Å². The fourth-order valence-electron chi connectivity index (χ4n) is 2.81. The Balaban J connectivity index is 1.75. The average Bonchev–Trinajstić information content (AvgIpc) is 3.09. The summed E-state index contributed by atoms with van der Waals surface area (Å²) >= 11 is 0. The third-order valence-corrected chi connectivity index (χ3v) is 4.16. The summed E-state index contributed by atoms with van der Waals surface area (Å²) < 4.78 is 1.99. The number of rotatable bonds is 3. The predicted octanol–water partition coefficient (Wildman–Crippen LogP) is 2.32. The van der Waals surface area contributed by atoms with Gasteiger partial charge in [-0.15, -0.1) is 0 Å². The van der Waals surface area contributed by atoms with Gasteiger partial charge in [0.15, 0.2) is 0 Å². The number of piperidine rings is 1. The third kappa shape index (κ3) is 3.00. The minimum Gasteiger partial charge on any atom is -0.396 e. The number of aliphatic hydroxyl groups excluding tert-OH is 1. The summed E-state index contributed by atoms with van der Waals surface area (Å²) in [6.45, 7) is 1.70. The monoisotopic (exact) mass is 284 g/mol. The average molecular weight is 284 g/mol. The number of nitrogens with zero attached hydrogens (tertiary/aromatic N) is 2. The normalized spacial score (nSPS) is 16.1. The quantitative estimate of drug-likeness (QED) is 0.940. The second-order valence-electron chi connectivity index (χ2n) is 5.56. The van der Waals surface area contributed by atoms with Gasteiger partial charge in [-0.2, -0.15) is 0 Å². The summed E-state index contributed by atoms with van der Waals surface area (Å²) in [6, 6.07) is 11.6. The zero-order chi connectivity index (χ0) is 14.7. The fraction of sp³-hybridized carbons (Fsp3) is 0.353. The molecule has 2 aromatic rings. The number of hydrogen-bond acceptors (Lipinski definition) is 2. The zero-order valence-electron chi connectivity index (χ0n) is 12.0. The maximum absolute atomic E-state index is 12.6. The molecule has 0 unspecified atom stereocenters. The molecule has 21 heavy (non-hydrogen) atoms. The molecule has 1 aliphatic rings. The molecule has 4 nitrogen and oxygen atoms in total. The van der Waals surface area contributed by atoms with Gasteiger partial charge in [0, 0.05) is 43.3 Å². The summed E-state index contributed by atoms with van der Waals surface area (Å²) in [5.74, 6) is 0.431. The van der Waals surface area contributed by atoms with Crippen molar-refractivity contribution in [3.8, 4) is 5.69 Å². The predicted molar refractivity (Wildman–Crippen MR) is 81.5 cm³/mol. The molecule has 4 heteroatoms. The van der Waals surface area contributed by atoms with E-state index in [-0.39, 0.29) is 12.5 Å². The molecular weight excluding hydrogens is 264 g/mol. The Hall–Kier alpha value is -2.07. The van der Waals surface area contributed by atoms with Gasteiger partial charge in [-0.3, -0.25) is 4.79 Å². The van der Waals surface area contributed by atoms with Crippen molar-refractivity contribution in [1.29, 1.82) is 0 Å². The van der Waals surface area contributed by atoms with Crippen LogP contribution in [0.3, 0.4) is 0 Å². The van der Waals surface area contributed by atoms with Crippen LogP contribution in [-0.2, 0) is 0 Å². The van der Waals surface area contributed by atoms with Crippen LogP contribution in [-0.4, -0.2) is 40.2 Å². The van der Waals surface area contributed by atoms with Crippen LogP contribution < -0.4 is 0 Å². The first-order valence-corrected chi connectivity index (χ1v) is 7.41. The van der Waals surface area contributed by atoms with E-state index in [2.05, 4.69) is 0 Å². The van der Waals surface area contributed by atoms with E-state index in [1.54, 1.807) is 0 Å². The van der Waals surface area contributed by atoms with Crippen LogP contribution in [0.1, 0.15) is 23.2 Å². The number of benzene rings is 1. The van der Waals surface area contributed by atoms with E-state index in [1.165, 1.54) is 0 Å². The highest BCUT2D eigenvalue weighted by molar-refractivity contribution is 5.94. The molecule has 2 heterocycles. The number of likely N-dealkylation sites (tertiary alicyclic amines) is 1. The van der Waals surface area contributed by atoms with Crippen LogP contribution in [0.25, 0.3) is 5.69 Å². The van der Waals surface area contributed by atoms with Gasteiger partial charge in [-0.25, -0.2) is 0 Å². The van der Waals surface area contributed by atoms with Crippen molar-refractivity contribution in [3.05, 3.63) is 54.4 Å². The first-order chi connectivity index (χ1) is 10.3. The van der Waals surface area contributed by atoms with Gasteiger partial charge in [-0.1, -0.05) is 6.07 Å². The van der Waals surface area contributed by atoms with Gasteiger partial charge in [-0.05, 0) is 49.1 Å². The van der Waals surface area contributed by atoms with Crippen LogP contribution >= 0.6 is 0 Å². The highest BCUT2D eigenvalue weighted by atomic mass is 16.3. The molecule has 0 atom stereocenters. The standard InChI is InChI=1S/C17H20N2O2/c20-13-14-6-10-19(11-7-14)17(21)15-4-3-5-16(12-15)18-8-1-2-9-18/h1-5,8-9,12,14,20H,6-7,10-11,13H2. The van der Waals surface area contributed by atoms with Crippen LogP contribution in [0.4, 0.5) is 0 Å². The third-order valence-electron chi connectivity index (χ3n) is 4.16. The number of amides is 1. The summed E-state index contributed by atoms with van der Waals surface area (Å²) in [6.07, 6.45) is 5.71. The first kappa shape index (κ1) is 13.9. The van der Waals surface area contributed by atoms with Crippen LogP contribution in [0, 0.1) is 5.92 Å². The molecule has 0 aliphatic carbocycles. The van der Waals surface area contributed by atoms with Crippen molar-refractivity contribution in [3.63, 3.8) is 0 Å². The van der Waals surface area contributed by atoms with E-state index in [4.69, 9.17) is 5.11 Å². The molecule has 1 aliphatic heterocycles. The SMILES string of the molecule is O=C(c1cccc(-n2cccc2)c1)N1CCC(CO)CC1. The van der Waals surface area contributed by atoms with E-state index in [9.17, 15) is 4.79 Å². The van der Waals surface area contributed by atoms with Crippen molar-refractivity contribution in [1.82, 2.24) is 9.47 Å². The van der Waals surface area contributed by atoms with Crippen molar-refractivity contribution in [2.75, 3.05) is 19.7 Å². The van der Waals surface area contributed by atoms with Gasteiger partial charge in [0.2, 0.25) is 0 Å². The molecule has 1 aromatic carbocycles. The Kier molecular flexibility index (Phi) is 4.06. The Morgan fingerprint density at radius 3 is 2.52 bits per heavy atom. The lowest BCUT2D eigenvalue weighted by Crippen LogP contribution is -2.39. The summed E-state index contributed by atoms with van der Waals surface area (Å²) in [4.78, 5) is 14.5. The van der Waals surface area contributed by atoms with E-state index >= 15 is 0 Å². The number of hydrogen-bond donors (Lipinski definition) is 1. The molecule has 3 rings (SSSR count). The van der Waals surface area contributed by atoms with Gasteiger partial charge in [0.05, 0.1) is 0 Å². The minimum atomic E-state index is 0.0837. The van der Waals surface area contributed by atoms with Gasteiger partial charge < -0.3 is 14.6 Å². The van der Waals surface area contributed by atoms with Crippen molar-refractivity contribution < 1.29 is 9.90 Å². The highest BCUT2D eigenvalue weighted by Gasteiger charge is 2.23. The summed E-state index contributed by atoms with van der Waals surface area (Å²) in [7, 11) is 0.